The minimum absolute atomic E-state index is 0.389. The predicted octanol–water partition coefficient (Wildman–Crippen LogP) is 1.61. The Balaban J connectivity index is 1.93. The summed E-state index contributed by atoms with van der Waals surface area (Å²) in [6.07, 6.45) is 4.20. The van der Waals surface area contributed by atoms with E-state index in [4.69, 9.17) is 4.74 Å². The Bertz CT molecular complexity index is 236. The lowest BCUT2D eigenvalue weighted by Gasteiger charge is -2.39. The Morgan fingerprint density at radius 3 is 2.93 bits per heavy atom. The minimum Gasteiger partial charge on any atom is -0.377 e. The van der Waals surface area contributed by atoms with Crippen LogP contribution in [0.25, 0.3) is 0 Å². The molecule has 2 rings (SSSR count). The van der Waals surface area contributed by atoms with E-state index in [2.05, 4.69) is 18.7 Å². The van der Waals surface area contributed by atoms with E-state index in [1.807, 2.05) is 0 Å². The topological polar surface area (TPSA) is 29.5 Å². The fourth-order valence-electron chi connectivity index (χ4n) is 2.82. The summed E-state index contributed by atoms with van der Waals surface area (Å²) < 4.78 is 5.72. The number of nitrogens with zero attached hydrogens (tertiary/aromatic N) is 1. The van der Waals surface area contributed by atoms with Gasteiger partial charge in [0.2, 0.25) is 0 Å². The molecule has 0 bridgehead atoms. The molecule has 3 atom stereocenters. The Kier molecular flexibility index (Phi) is 3.42. The molecule has 2 aliphatic rings. The lowest BCUT2D eigenvalue weighted by molar-refractivity contribution is -0.124. The van der Waals surface area contributed by atoms with Gasteiger partial charge in [0.1, 0.15) is 5.78 Å². The highest BCUT2D eigenvalue weighted by molar-refractivity contribution is 5.79. The number of ketones is 1. The molecule has 0 radical (unpaired) electrons. The molecule has 2 aliphatic heterocycles. The Morgan fingerprint density at radius 2 is 2.33 bits per heavy atom. The molecule has 0 aromatic heterocycles. The van der Waals surface area contributed by atoms with Crippen LogP contribution in [0.2, 0.25) is 0 Å². The van der Waals surface area contributed by atoms with E-state index < -0.39 is 0 Å². The Labute approximate surface area is 91.8 Å². The maximum absolute atomic E-state index is 11.3. The first-order valence-electron chi connectivity index (χ1n) is 6.07. The standard InChI is InChI=1S/C12H21NO2/c1-9-8-11(14)5-6-13(9)10(2)12-4-3-7-15-12/h9-10,12H,3-8H2,1-2H3. The van der Waals surface area contributed by atoms with Gasteiger partial charge in [0.25, 0.3) is 0 Å². The van der Waals surface area contributed by atoms with E-state index in [1.54, 1.807) is 0 Å². The molecule has 0 N–H and O–H groups in total. The molecule has 3 nitrogen and oxygen atoms in total. The van der Waals surface area contributed by atoms with Crippen molar-refractivity contribution in [2.24, 2.45) is 0 Å². The number of carbonyl (C=O) groups excluding carboxylic acids is 1. The smallest absolute Gasteiger partial charge is 0.135 e. The van der Waals surface area contributed by atoms with Crippen LogP contribution in [-0.2, 0) is 9.53 Å². The first-order valence-corrected chi connectivity index (χ1v) is 6.07. The third-order valence-electron chi connectivity index (χ3n) is 3.76. The van der Waals surface area contributed by atoms with Gasteiger partial charge in [-0.15, -0.1) is 0 Å². The molecule has 0 saturated carbocycles. The lowest BCUT2D eigenvalue weighted by Crippen LogP contribution is -2.50. The highest BCUT2D eigenvalue weighted by Gasteiger charge is 2.33. The van der Waals surface area contributed by atoms with Crippen LogP contribution >= 0.6 is 0 Å². The largest absolute Gasteiger partial charge is 0.377 e. The lowest BCUT2D eigenvalue weighted by atomic mass is 9.98. The van der Waals surface area contributed by atoms with Gasteiger partial charge in [-0.1, -0.05) is 0 Å². The molecule has 0 aliphatic carbocycles. The molecule has 2 fully saturated rings. The molecule has 3 heteroatoms. The number of Topliss-reactive ketones (excluding diaryl/α,β-unsaturated/α-hetero) is 1. The molecule has 0 aromatic carbocycles. The van der Waals surface area contributed by atoms with Crippen molar-refractivity contribution in [2.75, 3.05) is 13.2 Å². The van der Waals surface area contributed by atoms with Gasteiger partial charge in [-0.3, -0.25) is 9.69 Å². The van der Waals surface area contributed by atoms with Crippen molar-refractivity contribution in [1.29, 1.82) is 0 Å². The minimum atomic E-state index is 0.389. The van der Waals surface area contributed by atoms with Crippen LogP contribution < -0.4 is 0 Å². The molecule has 0 amide bonds. The van der Waals surface area contributed by atoms with Crippen LogP contribution in [0.15, 0.2) is 0 Å². The second kappa shape index (κ2) is 4.62. The third kappa shape index (κ3) is 2.40. The van der Waals surface area contributed by atoms with Crippen LogP contribution in [0, 0.1) is 0 Å². The van der Waals surface area contributed by atoms with E-state index in [0.717, 1.165) is 26.0 Å². The third-order valence-corrected chi connectivity index (χ3v) is 3.76. The van der Waals surface area contributed by atoms with E-state index in [9.17, 15) is 4.79 Å². The Morgan fingerprint density at radius 1 is 1.53 bits per heavy atom. The van der Waals surface area contributed by atoms with Crippen molar-refractivity contribution >= 4 is 5.78 Å². The summed E-state index contributed by atoms with van der Waals surface area (Å²) in [5.41, 5.74) is 0. The summed E-state index contributed by atoms with van der Waals surface area (Å²) in [6, 6.07) is 0.862. The predicted molar refractivity (Wildman–Crippen MR) is 58.8 cm³/mol. The first kappa shape index (κ1) is 11.1. The molecule has 0 spiro atoms. The molecule has 86 valence electrons. The normalized spacial score (nSPS) is 35.7. The van der Waals surface area contributed by atoms with Crippen LogP contribution in [0.1, 0.15) is 39.5 Å². The maximum atomic E-state index is 11.3. The average molecular weight is 211 g/mol. The highest BCUT2D eigenvalue weighted by Crippen LogP contribution is 2.24. The van der Waals surface area contributed by atoms with Crippen molar-refractivity contribution in [3.05, 3.63) is 0 Å². The first-order chi connectivity index (χ1) is 7.18. The van der Waals surface area contributed by atoms with Gasteiger partial charge < -0.3 is 4.74 Å². The van der Waals surface area contributed by atoms with E-state index in [-0.39, 0.29) is 0 Å². The molecular weight excluding hydrogens is 190 g/mol. The van der Waals surface area contributed by atoms with Gasteiger partial charge in [0, 0.05) is 38.1 Å². The van der Waals surface area contributed by atoms with Gasteiger partial charge in [-0.25, -0.2) is 0 Å². The number of ether oxygens (including phenoxy) is 1. The SMILES string of the molecule is CC1CC(=O)CCN1C(C)C1CCCO1. The van der Waals surface area contributed by atoms with Crippen LogP contribution in [0.5, 0.6) is 0 Å². The summed E-state index contributed by atoms with van der Waals surface area (Å²) in [4.78, 5) is 13.7. The van der Waals surface area contributed by atoms with Gasteiger partial charge in [-0.05, 0) is 26.7 Å². The van der Waals surface area contributed by atoms with Crippen molar-refractivity contribution in [3.63, 3.8) is 0 Å². The number of carbonyl (C=O) groups is 1. The van der Waals surface area contributed by atoms with Crippen molar-refractivity contribution in [3.8, 4) is 0 Å². The molecule has 2 saturated heterocycles. The van der Waals surface area contributed by atoms with Crippen molar-refractivity contribution in [1.82, 2.24) is 4.90 Å². The summed E-state index contributed by atoms with van der Waals surface area (Å²) in [6.45, 7) is 6.22. The van der Waals surface area contributed by atoms with E-state index in [0.29, 0.717) is 24.0 Å². The van der Waals surface area contributed by atoms with Crippen molar-refractivity contribution < 1.29 is 9.53 Å². The molecule has 15 heavy (non-hydrogen) atoms. The van der Waals surface area contributed by atoms with Gasteiger partial charge in [-0.2, -0.15) is 0 Å². The maximum Gasteiger partial charge on any atom is 0.135 e. The van der Waals surface area contributed by atoms with Crippen LogP contribution in [0.3, 0.4) is 0 Å². The number of hydrogen-bond acceptors (Lipinski definition) is 3. The number of piperidine rings is 1. The molecule has 2 heterocycles. The van der Waals surface area contributed by atoms with Gasteiger partial charge in [0.15, 0.2) is 0 Å². The summed E-state index contributed by atoms with van der Waals surface area (Å²) in [7, 11) is 0. The zero-order valence-corrected chi connectivity index (χ0v) is 9.74. The quantitative estimate of drug-likeness (QED) is 0.695. The monoisotopic (exact) mass is 211 g/mol. The zero-order chi connectivity index (χ0) is 10.8. The van der Waals surface area contributed by atoms with Gasteiger partial charge in [0.05, 0.1) is 6.10 Å². The van der Waals surface area contributed by atoms with Crippen LogP contribution in [-0.4, -0.2) is 42.0 Å². The van der Waals surface area contributed by atoms with Gasteiger partial charge >= 0.3 is 0 Å². The number of likely N-dealkylation sites (tertiary alicyclic amines) is 1. The number of rotatable bonds is 2. The average Bonchev–Trinajstić information content (AvgIpc) is 2.69. The fourth-order valence-corrected chi connectivity index (χ4v) is 2.82. The zero-order valence-electron chi connectivity index (χ0n) is 9.74. The van der Waals surface area contributed by atoms with Crippen molar-refractivity contribution in [2.45, 2.75) is 57.7 Å². The Hall–Kier alpha value is -0.410. The summed E-state index contributed by atoms with van der Waals surface area (Å²) in [5, 5.41) is 0. The summed E-state index contributed by atoms with van der Waals surface area (Å²) >= 11 is 0. The molecule has 3 unspecified atom stereocenters. The molecule has 0 aromatic rings. The fraction of sp³-hybridized carbons (Fsp3) is 0.917. The highest BCUT2D eigenvalue weighted by atomic mass is 16.5. The van der Waals surface area contributed by atoms with E-state index >= 15 is 0 Å². The second-order valence-electron chi connectivity index (χ2n) is 4.87. The van der Waals surface area contributed by atoms with Crippen LogP contribution in [0.4, 0.5) is 0 Å². The molecular formula is C12H21NO2. The van der Waals surface area contributed by atoms with E-state index in [1.165, 1.54) is 12.8 Å². The number of hydrogen-bond donors (Lipinski definition) is 0. The second-order valence-corrected chi connectivity index (χ2v) is 4.87. The summed E-state index contributed by atoms with van der Waals surface area (Å²) in [5.74, 6) is 0.415.